The van der Waals surface area contributed by atoms with Crippen LogP contribution < -0.4 is 21.8 Å². The van der Waals surface area contributed by atoms with Gasteiger partial charge in [-0.15, -0.1) is 0 Å². The SMILES string of the molecule is NC1=CC(N)=NC2=NC(CCN3CCN(c4c(F)cccc4F)CC3)(c3ccco3)NN12. The highest BCUT2D eigenvalue weighted by Gasteiger charge is 2.45. The Bertz CT molecular complexity index is 1070. The molecule has 0 bridgehead atoms. The summed E-state index contributed by atoms with van der Waals surface area (Å²) < 4.78 is 33.9. The van der Waals surface area contributed by atoms with Crippen LogP contribution in [-0.2, 0) is 5.66 Å². The van der Waals surface area contributed by atoms with E-state index < -0.39 is 17.3 Å². The lowest BCUT2D eigenvalue weighted by Crippen LogP contribution is -2.51. The van der Waals surface area contributed by atoms with E-state index >= 15 is 0 Å². The predicted octanol–water partition coefficient (Wildman–Crippen LogP) is 1.27. The summed E-state index contributed by atoms with van der Waals surface area (Å²) in [7, 11) is 0. The summed E-state index contributed by atoms with van der Waals surface area (Å²) in [6.07, 6.45) is 3.72. The smallest absolute Gasteiger partial charge is 0.245 e. The lowest BCUT2D eigenvalue weighted by molar-refractivity contribution is 0.163. The van der Waals surface area contributed by atoms with Gasteiger partial charge in [0.2, 0.25) is 5.96 Å². The molecule has 0 spiro atoms. The summed E-state index contributed by atoms with van der Waals surface area (Å²) in [5.74, 6) is 0.606. The van der Waals surface area contributed by atoms with Crippen molar-refractivity contribution in [2.75, 3.05) is 37.6 Å². The normalized spacial score (nSPS) is 23.6. The van der Waals surface area contributed by atoms with Crippen molar-refractivity contribution < 1.29 is 13.2 Å². The molecule has 1 unspecified atom stereocenters. The van der Waals surface area contributed by atoms with Crippen molar-refractivity contribution in [3.05, 3.63) is 65.9 Å². The van der Waals surface area contributed by atoms with E-state index in [1.165, 1.54) is 18.2 Å². The Balaban J connectivity index is 1.29. The highest BCUT2D eigenvalue weighted by molar-refractivity contribution is 6.04. The maximum atomic E-state index is 14.1. The number of piperazine rings is 1. The van der Waals surface area contributed by atoms with E-state index in [0.717, 1.165) is 0 Å². The maximum Gasteiger partial charge on any atom is 0.245 e. The van der Waals surface area contributed by atoms with Crippen molar-refractivity contribution in [1.82, 2.24) is 15.3 Å². The molecule has 168 valence electrons. The average Bonchev–Trinajstić information content (AvgIpc) is 3.42. The van der Waals surface area contributed by atoms with Gasteiger partial charge in [-0.1, -0.05) is 6.07 Å². The van der Waals surface area contributed by atoms with Crippen LogP contribution >= 0.6 is 0 Å². The monoisotopic (exact) mass is 442 g/mol. The molecule has 9 nitrogen and oxygen atoms in total. The number of halogens is 2. The molecule has 4 heterocycles. The van der Waals surface area contributed by atoms with Crippen molar-refractivity contribution in [2.45, 2.75) is 12.1 Å². The van der Waals surface area contributed by atoms with Crippen molar-refractivity contribution >= 4 is 17.5 Å². The predicted molar refractivity (Wildman–Crippen MR) is 116 cm³/mol. The topological polar surface area (TPSA) is 112 Å². The van der Waals surface area contributed by atoms with Crippen LogP contribution in [0.1, 0.15) is 12.2 Å². The number of hydrazine groups is 1. The van der Waals surface area contributed by atoms with E-state index in [9.17, 15) is 8.78 Å². The Hall–Kier alpha value is -3.44. The molecule has 32 heavy (non-hydrogen) atoms. The number of nitrogens with zero attached hydrogens (tertiary/aromatic N) is 5. The summed E-state index contributed by atoms with van der Waals surface area (Å²) in [6, 6.07) is 7.60. The summed E-state index contributed by atoms with van der Waals surface area (Å²) in [5, 5.41) is 1.60. The van der Waals surface area contributed by atoms with E-state index in [2.05, 4.69) is 15.3 Å². The number of amidine groups is 1. The molecule has 3 aliphatic heterocycles. The van der Waals surface area contributed by atoms with Gasteiger partial charge in [0.1, 0.15) is 34.7 Å². The average molecular weight is 442 g/mol. The standard InChI is InChI=1S/C21H24F2N8O/c22-14-3-1-4-15(23)19(14)30-10-8-29(9-11-30)7-6-21(16-5-2-12-32-16)27-20-26-17(24)13-18(25)31(20)28-21/h1-5,12-13,28H,6-11,25H2,(H2,24,26,27). The molecule has 1 aromatic heterocycles. The molecular formula is C21H24F2N8O. The van der Waals surface area contributed by atoms with Crippen LogP contribution in [0.3, 0.4) is 0 Å². The number of furan rings is 1. The van der Waals surface area contributed by atoms with Crippen molar-refractivity contribution in [3.8, 4) is 0 Å². The number of nitrogens with one attached hydrogen (secondary N) is 1. The zero-order valence-electron chi connectivity index (χ0n) is 17.3. The van der Waals surface area contributed by atoms with Crippen LogP contribution in [0.5, 0.6) is 0 Å². The first kappa shape index (κ1) is 20.5. The number of para-hydroxylation sites is 1. The quantitative estimate of drug-likeness (QED) is 0.639. The number of anilines is 1. The molecule has 2 aromatic rings. The van der Waals surface area contributed by atoms with Crippen LogP contribution in [0.15, 0.2) is 62.9 Å². The fourth-order valence-electron chi connectivity index (χ4n) is 4.26. The van der Waals surface area contributed by atoms with Crippen LogP contribution in [0.2, 0.25) is 0 Å². The fraction of sp³-hybridized carbons (Fsp3) is 0.333. The summed E-state index contributed by atoms with van der Waals surface area (Å²) >= 11 is 0. The molecule has 0 saturated carbocycles. The molecule has 1 fully saturated rings. The van der Waals surface area contributed by atoms with E-state index in [0.29, 0.717) is 56.7 Å². The van der Waals surface area contributed by atoms with Gasteiger partial charge in [0.25, 0.3) is 0 Å². The summed E-state index contributed by atoms with van der Waals surface area (Å²) in [5.41, 5.74) is 14.4. The van der Waals surface area contributed by atoms with Gasteiger partial charge >= 0.3 is 0 Å². The Morgan fingerprint density at radius 1 is 1.06 bits per heavy atom. The van der Waals surface area contributed by atoms with Gasteiger partial charge in [0.15, 0.2) is 5.66 Å². The van der Waals surface area contributed by atoms with Gasteiger partial charge in [-0.05, 0) is 24.3 Å². The molecule has 3 aliphatic rings. The Labute approximate surface area is 183 Å². The van der Waals surface area contributed by atoms with Gasteiger partial charge in [-0.3, -0.25) is 4.90 Å². The lowest BCUT2D eigenvalue weighted by Gasteiger charge is -2.37. The first-order valence-corrected chi connectivity index (χ1v) is 10.4. The maximum absolute atomic E-state index is 14.1. The number of benzene rings is 1. The summed E-state index contributed by atoms with van der Waals surface area (Å²) in [4.78, 5) is 13.0. The second kappa shape index (κ2) is 7.92. The Morgan fingerprint density at radius 3 is 2.50 bits per heavy atom. The highest BCUT2D eigenvalue weighted by Crippen LogP contribution is 2.34. The number of guanidine groups is 1. The molecule has 1 atom stereocenters. The largest absolute Gasteiger partial charge is 0.465 e. The molecule has 11 heteroatoms. The Morgan fingerprint density at radius 2 is 1.81 bits per heavy atom. The number of hydrogen-bond acceptors (Lipinski definition) is 9. The van der Waals surface area contributed by atoms with Gasteiger partial charge in [-0.2, -0.15) is 10.4 Å². The minimum Gasteiger partial charge on any atom is -0.465 e. The van der Waals surface area contributed by atoms with E-state index in [-0.39, 0.29) is 11.5 Å². The van der Waals surface area contributed by atoms with Gasteiger partial charge < -0.3 is 20.8 Å². The van der Waals surface area contributed by atoms with Gasteiger partial charge in [-0.25, -0.2) is 18.8 Å². The van der Waals surface area contributed by atoms with Crippen molar-refractivity contribution in [2.24, 2.45) is 21.5 Å². The first-order chi connectivity index (χ1) is 15.4. The molecular weight excluding hydrogens is 418 g/mol. The van der Waals surface area contributed by atoms with E-state index in [1.54, 1.807) is 28.3 Å². The first-order valence-electron chi connectivity index (χ1n) is 10.4. The molecule has 0 amide bonds. The molecule has 0 radical (unpaired) electrons. The van der Waals surface area contributed by atoms with E-state index in [4.69, 9.17) is 20.9 Å². The van der Waals surface area contributed by atoms with Crippen molar-refractivity contribution in [3.63, 3.8) is 0 Å². The van der Waals surface area contributed by atoms with Crippen LogP contribution in [-0.4, -0.2) is 54.4 Å². The van der Waals surface area contributed by atoms with Crippen LogP contribution in [0.25, 0.3) is 0 Å². The number of aliphatic imine (C=N–C) groups is 2. The lowest BCUT2D eigenvalue weighted by atomic mass is 10.0. The minimum atomic E-state index is -0.889. The third-order valence-corrected chi connectivity index (χ3v) is 5.92. The number of rotatable bonds is 5. The Kier molecular flexibility index (Phi) is 5.06. The molecule has 5 N–H and O–H groups in total. The van der Waals surface area contributed by atoms with Crippen molar-refractivity contribution in [1.29, 1.82) is 0 Å². The second-order valence-electron chi connectivity index (χ2n) is 7.95. The second-order valence-corrected chi connectivity index (χ2v) is 7.95. The highest BCUT2D eigenvalue weighted by atomic mass is 19.1. The number of fused-ring (bicyclic) bond motifs is 1. The third-order valence-electron chi connectivity index (χ3n) is 5.92. The summed E-state index contributed by atoms with van der Waals surface area (Å²) in [6.45, 7) is 3.05. The third kappa shape index (κ3) is 3.59. The van der Waals surface area contributed by atoms with Gasteiger partial charge in [0, 0.05) is 45.2 Å². The number of nitrogens with two attached hydrogens (primary N) is 2. The molecule has 1 aromatic carbocycles. The van der Waals surface area contributed by atoms with Gasteiger partial charge in [0.05, 0.1) is 6.26 Å². The molecule has 0 aliphatic carbocycles. The van der Waals surface area contributed by atoms with E-state index in [1.807, 2.05) is 6.07 Å². The zero-order chi connectivity index (χ0) is 22.3. The number of hydrogen-bond donors (Lipinski definition) is 3. The molecule has 5 rings (SSSR count). The van der Waals surface area contributed by atoms with Crippen LogP contribution in [0, 0.1) is 11.6 Å². The fourth-order valence-corrected chi connectivity index (χ4v) is 4.26. The minimum absolute atomic E-state index is 0.0395. The zero-order valence-corrected chi connectivity index (χ0v) is 17.3. The molecule has 1 saturated heterocycles. The van der Waals surface area contributed by atoms with Crippen LogP contribution in [0.4, 0.5) is 14.5 Å².